The van der Waals surface area contributed by atoms with Gasteiger partial charge in [0, 0.05) is 8.14 Å². The highest BCUT2D eigenvalue weighted by Crippen LogP contribution is 2.27. The van der Waals surface area contributed by atoms with E-state index in [2.05, 4.69) is 11.8 Å². The summed E-state index contributed by atoms with van der Waals surface area (Å²) >= 11 is 0. The molecule has 5 heteroatoms. The molecule has 2 N–H and O–H groups in total. The molecule has 0 saturated heterocycles. The number of carbonyl (C=O) groups excluding carboxylic acids is 1. The fraction of sp³-hybridized carbons (Fsp3) is 0.273. The fourth-order valence-corrected chi connectivity index (χ4v) is 1.38. The number of nitrogens with two attached hydrogens (primary N) is 1. The number of carbonyl (C=O) groups is 1. The van der Waals surface area contributed by atoms with Crippen LogP contribution in [0, 0.1) is 6.92 Å². The van der Waals surface area contributed by atoms with Crippen molar-refractivity contribution in [3.63, 3.8) is 0 Å². The van der Waals surface area contributed by atoms with Gasteiger partial charge in [-0.05, 0) is 25.5 Å². The predicted molar refractivity (Wildman–Crippen MR) is 66.8 cm³/mol. The van der Waals surface area contributed by atoms with Crippen LogP contribution >= 0.6 is 0 Å². The smallest absolute Gasteiger partial charge is 0.435 e. The van der Waals surface area contributed by atoms with E-state index >= 15 is 0 Å². The molecule has 0 aliphatic heterocycles. The molecule has 5 nitrogen and oxygen atoms in total. The van der Waals surface area contributed by atoms with E-state index in [9.17, 15) is 4.79 Å². The number of rotatable bonds is 3. The molecule has 1 amide bonds. The SMILES string of the molecule is C=NN(C(=O)OCC)c1c(C)cccc1N.[HH]. The summed E-state index contributed by atoms with van der Waals surface area (Å²) in [6, 6.07) is 5.34. The van der Waals surface area contributed by atoms with Crippen LogP contribution in [-0.2, 0) is 4.74 Å². The monoisotopic (exact) mass is 223 g/mol. The zero-order valence-electron chi connectivity index (χ0n) is 9.43. The van der Waals surface area contributed by atoms with Gasteiger partial charge in [-0.1, -0.05) is 12.1 Å². The molecule has 1 aromatic rings. The minimum absolute atomic E-state index is 0. The van der Waals surface area contributed by atoms with Crippen molar-refractivity contribution < 1.29 is 11.0 Å². The van der Waals surface area contributed by atoms with Crippen LogP contribution in [0.15, 0.2) is 23.3 Å². The number of nitrogens with zero attached hydrogens (tertiary/aromatic N) is 2. The lowest BCUT2D eigenvalue weighted by atomic mass is 10.1. The summed E-state index contributed by atoms with van der Waals surface area (Å²) in [5.41, 5.74) is 7.60. The van der Waals surface area contributed by atoms with Crippen LogP contribution in [0.5, 0.6) is 0 Å². The lowest BCUT2D eigenvalue weighted by Gasteiger charge is -2.19. The summed E-state index contributed by atoms with van der Waals surface area (Å²) in [7, 11) is 0. The molecule has 88 valence electrons. The number of hydrazone groups is 1. The Balaban J connectivity index is 0.00000256. The van der Waals surface area contributed by atoms with Gasteiger partial charge in [-0.3, -0.25) is 0 Å². The van der Waals surface area contributed by atoms with Crippen molar-refractivity contribution in [3.8, 4) is 0 Å². The number of hydrogen-bond acceptors (Lipinski definition) is 4. The largest absolute Gasteiger partial charge is 0.448 e. The normalized spacial score (nSPS) is 9.62. The second kappa shape index (κ2) is 5.16. The number of hydrogen-bond donors (Lipinski definition) is 1. The minimum Gasteiger partial charge on any atom is -0.448 e. The number of anilines is 2. The van der Waals surface area contributed by atoms with E-state index in [1.807, 2.05) is 13.0 Å². The molecule has 0 saturated carbocycles. The van der Waals surface area contributed by atoms with E-state index in [0.717, 1.165) is 10.6 Å². The molecule has 0 spiro atoms. The first-order valence-electron chi connectivity index (χ1n) is 4.90. The molecule has 0 unspecified atom stereocenters. The number of aryl methyl sites for hydroxylation is 1. The zero-order chi connectivity index (χ0) is 12.1. The first kappa shape index (κ1) is 12.0. The zero-order valence-corrected chi connectivity index (χ0v) is 9.43. The van der Waals surface area contributed by atoms with Crippen molar-refractivity contribution in [2.75, 3.05) is 17.3 Å². The van der Waals surface area contributed by atoms with E-state index < -0.39 is 6.09 Å². The molecule has 0 radical (unpaired) electrons. The molecule has 0 aromatic heterocycles. The van der Waals surface area contributed by atoms with E-state index in [-0.39, 0.29) is 8.03 Å². The van der Waals surface area contributed by atoms with Gasteiger partial charge in [0.1, 0.15) is 0 Å². The molecular weight excluding hydrogens is 206 g/mol. The quantitative estimate of drug-likeness (QED) is 0.486. The Kier molecular flexibility index (Phi) is 3.88. The van der Waals surface area contributed by atoms with Crippen molar-refractivity contribution in [2.45, 2.75) is 13.8 Å². The Bertz CT molecular complexity index is 389. The van der Waals surface area contributed by atoms with Gasteiger partial charge in [0.15, 0.2) is 0 Å². The predicted octanol–water partition coefficient (Wildman–Crippen LogP) is 2.40. The lowest BCUT2D eigenvalue weighted by Crippen LogP contribution is -2.27. The molecule has 1 rings (SSSR count). The molecule has 1 aromatic carbocycles. The van der Waals surface area contributed by atoms with Crippen molar-refractivity contribution in [2.24, 2.45) is 5.10 Å². The van der Waals surface area contributed by atoms with Gasteiger partial charge in [0.25, 0.3) is 0 Å². The molecule has 0 heterocycles. The van der Waals surface area contributed by atoms with Gasteiger partial charge in [-0.15, -0.1) is 0 Å². The highest BCUT2D eigenvalue weighted by molar-refractivity contribution is 5.92. The topological polar surface area (TPSA) is 67.9 Å². The Morgan fingerprint density at radius 2 is 2.38 bits per heavy atom. The van der Waals surface area contributed by atoms with Crippen LogP contribution in [0.4, 0.5) is 16.2 Å². The second-order valence-corrected chi connectivity index (χ2v) is 3.16. The van der Waals surface area contributed by atoms with E-state index in [0.29, 0.717) is 11.4 Å². The Labute approximate surface area is 96.0 Å². The number of amides is 1. The number of ether oxygens (including phenoxy) is 1. The van der Waals surface area contributed by atoms with E-state index in [1.165, 1.54) is 0 Å². The van der Waals surface area contributed by atoms with Gasteiger partial charge in [0.2, 0.25) is 0 Å². The molecular formula is C11H17N3O2. The van der Waals surface area contributed by atoms with Crippen LogP contribution in [0.2, 0.25) is 0 Å². The summed E-state index contributed by atoms with van der Waals surface area (Å²) in [6.45, 7) is 7.18. The van der Waals surface area contributed by atoms with E-state index in [4.69, 9.17) is 10.5 Å². The molecule has 16 heavy (non-hydrogen) atoms. The first-order valence-corrected chi connectivity index (χ1v) is 4.90. The summed E-state index contributed by atoms with van der Waals surface area (Å²) in [4.78, 5) is 11.6. The third-order valence-electron chi connectivity index (χ3n) is 2.06. The lowest BCUT2D eigenvalue weighted by molar-refractivity contribution is 0.160. The average Bonchev–Trinajstić information content (AvgIpc) is 2.24. The maximum absolute atomic E-state index is 11.6. The molecule has 0 bridgehead atoms. The van der Waals surface area contributed by atoms with Crippen molar-refractivity contribution >= 4 is 24.2 Å². The maximum atomic E-state index is 11.6. The number of nitrogen functional groups attached to an aromatic ring is 1. The summed E-state index contributed by atoms with van der Waals surface area (Å²) < 4.78 is 4.86. The van der Waals surface area contributed by atoms with Crippen LogP contribution in [-0.4, -0.2) is 19.4 Å². The number of benzene rings is 1. The molecule has 0 fully saturated rings. The van der Waals surface area contributed by atoms with Crippen molar-refractivity contribution in [3.05, 3.63) is 23.8 Å². The molecule has 0 aliphatic carbocycles. The minimum atomic E-state index is -0.585. The summed E-state index contributed by atoms with van der Waals surface area (Å²) in [5.74, 6) is 0. The summed E-state index contributed by atoms with van der Waals surface area (Å²) in [5, 5.41) is 4.69. The Hall–Kier alpha value is -2.04. The van der Waals surface area contributed by atoms with Crippen LogP contribution in [0.25, 0.3) is 0 Å². The third kappa shape index (κ3) is 2.31. The van der Waals surface area contributed by atoms with Gasteiger partial charge in [-0.2, -0.15) is 10.1 Å². The van der Waals surface area contributed by atoms with Gasteiger partial charge < -0.3 is 10.5 Å². The fourth-order valence-electron chi connectivity index (χ4n) is 1.38. The second-order valence-electron chi connectivity index (χ2n) is 3.16. The molecule has 0 atom stereocenters. The highest BCUT2D eigenvalue weighted by atomic mass is 16.6. The average molecular weight is 223 g/mol. The number of para-hydroxylation sites is 1. The van der Waals surface area contributed by atoms with Crippen LogP contribution in [0.3, 0.4) is 0 Å². The standard InChI is InChI=1S/C11H15N3O2.H2/c1-4-16-11(15)14(13-3)10-8(2)6-5-7-9(10)12;/h5-7H,3-4,12H2,1-2H3;1H. The first-order chi connectivity index (χ1) is 7.61. The highest BCUT2D eigenvalue weighted by Gasteiger charge is 2.19. The molecule has 0 aliphatic rings. The van der Waals surface area contributed by atoms with Crippen LogP contribution in [0.1, 0.15) is 13.9 Å². The van der Waals surface area contributed by atoms with Crippen molar-refractivity contribution in [1.29, 1.82) is 0 Å². The maximum Gasteiger partial charge on any atom is 0.435 e. The van der Waals surface area contributed by atoms with E-state index in [1.54, 1.807) is 19.1 Å². The van der Waals surface area contributed by atoms with Gasteiger partial charge in [0.05, 0.1) is 18.0 Å². The van der Waals surface area contributed by atoms with Crippen LogP contribution < -0.4 is 10.7 Å². The Morgan fingerprint density at radius 1 is 1.69 bits per heavy atom. The third-order valence-corrected chi connectivity index (χ3v) is 2.06. The summed E-state index contributed by atoms with van der Waals surface area (Å²) in [6.07, 6.45) is -0.585. The Morgan fingerprint density at radius 3 is 2.88 bits per heavy atom. The van der Waals surface area contributed by atoms with Gasteiger partial charge in [-0.25, -0.2) is 4.79 Å². The van der Waals surface area contributed by atoms with Gasteiger partial charge >= 0.3 is 6.09 Å². The van der Waals surface area contributed by atoms with Crippen molar-refractivity contribution in [1.82, 2.24) is 0 Å².